The number of carbonyl (C=O) groups is 1. The van der Waals surface area contributed by atoms with Gasteiger partial charge in [0.15, 0.2) is 6.23 Å². The Labute approximate surface area is 132 Å². The van der Waals surface area contributed by atoms with Crippen LogP contribution in [0, 0.1) is 10.8 Å². The fourth-order valence-electron chi connectivity index (χ4n) is 2.05. The van der Waals surface area contributed by atoms with E-state index in [1.54, 1.807) is 20.8 Å². The number of piperazine rings is 1. The molecule has 10 heteroatoms. The van der Waals surface area contributed by atoms with E-state index in [1.165, 1.54) is 6.92 Å². The van der Waals surface area contributed by atoms with Crippen LogP contribution in [-0.4, -0.2) is 65.3 Å². The summed E-state index contributed by atoms with van der Waals surface area (Å²) in [5.41, 5.74) is -0.780. The fourth-order valence-corrected chi connectivity index (χ4v) is 2.05. The lowest BCUT2D eigenvalue weighted by Crippen LogP contribution is -2.65. The van der Waals surface area contributed by atoms with Gasteiger partial charge in [-0.3, -0.25) is 20.6 Å². The molecule has 2 N–H and O–H groups in total. The number of nitrogens with zero attached hydrogens (tertiary/aromatic N) is 2. The Morgan fingerprint density at radius 1 is 1.30 bits per heavy atom. The Hall–Kier alpha value is -1.84. The standard InChI is InChI=1S/C13H21F3N4O3/c1-7-9(17)20(10(18)13(14,15)16)8(22-5)6-19(7)11(21)23-12(2,3)4/h7-8,17-18H,6H2,1-5H3. The maximum absolute atomic E-state index is 12.8. The van der Waals surface area contributed by atoms with Gasteiger partial charge >= 0.3 is 12.3 Å². The summed E-state index contributed by atoms with van der Waals surface area (Å²) in [5.74, 6) is -2.26. The van der Waals surface area contributed by atoms with E-state index in [4.69, 9.17) is 20.3 Å². The van der Waals surface area contributed by atoms with Gasteiger partial charge in [0.2, 0.25) is 5.84 Å². The summed E-state index contributed by atoms with van der Waals surface area (Å²) in [5, 5.41) is 15.2. The number of hydrogen-bond acceptors (Lipinski definition) is 5. The van der Waals surface area contributed by atoms with Crippen LogP contribution in [0.2, 0.25) is 0 Å². The number of methoxy groups -OCH3 is 1. The van der Waals surface area contributed by atoms with E-state index in [0.717, 1.165) is 12.0 Å². The maximum atomic E-state index is 12.8. The zero-order valence-electron chi connectivity index (χ0n) is 13.6. The normalized spacial score (nSPS) is 23.0. The Balaban J connectivity index is 3.05. The number of hydrogen-bond donors (Lipinski definition) is 2. The van der Waals surface area contributed by atoms with Gasteiger partial charge in [0.25, 0.3) is 0 Å². The van der Waals surface area contributed by atoms with Crippen molar-refractivity contribution in [3.63, 3.8) is 0 Å². The van der Waals surface area contributed by atoms with E-state index < -0.39 is 41.8 Å². The van der Waals surface area contributed by atoms with E-state index in [2.05, 4.69) is 0 Å². The number of ether oxygens (including phenoxy) is 2. The molecule has 7 nitrogen and oxygen atoms in total. The molecule has 0 bridgehead atoms. The third-order valence-electron chi connectivity index (χ3n) is 3.17. The van der Waals surface area contributed by atoms with Crippen molar-refractivity contribution in [1.29, 1.82) is 10.8 Å². The predicted octanol–water partition coefficient (Wildman–Crippen LogP) is 2.42. The zero-order chi connectivity index (χ0) is 18.2. The smallest absolute Gasteiger partial charge is 0.444 e. The lowest BCUT2D eigenvalue weighted by atomic mass is 10.1. The molecule has 0 saturated carbocycles. The number of amidine groups is 2. The molecule has 2 unspecified atom stereocenters. The van der Waals surface area contributed by atoms with Gasteiger partial charge in [-0.1, -0.05) is 0 Å². The van der Waals surface area contributed by atoms with Crippen LogP contribution in [0.25, 0.3) is 0 Å². The minimum atomic E-state index is -4.92. The van der Waals surface area contributed by atoms with Gasteiger partial charge in [-0.25, -0.2) is 4.79 Å². The summed E-state index contributed by atoms with van der Waals surface area (Å²) in [6.07, 6.45) is -6.97. The van der Waals surface area contributed by atoms with Crippen molar-refractivity contribution >= 4 is 17.8 Å². The summed E-state index contributed by atoms with van der Waals surface area (Å²) in [6.45, 7) is 6.11. The first kappa shape index (κ1) is 19.2. The first-order valence-electron chi connectivity index (χ1n) is 6.85. The van der Waals surface area contributed by atoms with Crippen molar-refractivity contribution in [3.05, 3.63) is 0 Å². The molecule has 1 saturated heterocycles. The van der Waals surface area contributed by atoms with E-state index in [9.17, 15) is 18.0 Å². The molecule has 1 amide bonds. The minimum Gasteiger partial charge on any atom is -0.444 e. The molecule has 0 aliphatic carbocycles. The van der Waals surface area contributed by atoms with Crippen molar-refractivity contribution in [2.45, 2.75) is 51.7 Å². The number of rotatable bonds is 1. The lowest BCUT2D eigenvalue weighted by molar-refractivity contribution is -0.0845. The number of alkyl halides is 3. The second-order valence-electron chi connectivity index (χ2n) is 6.10. The average molecular weight is 338 g/mol. The van der Waals surface area contributed by atoms with Gasteiger partial charge in [-0.05, 0) is 27.7 Å². The van der Waals surface area contributed by atoms with Gasteiger partial charge in [0.1, 0.15) is 11.4 Å². The Kier molecular flexibility index (Phi) is 5.30. The van der Waals surface area contributed by atoms with Gasteiger partial charge in [-0.2, -0.15) is 13.2 Å². The largest absolute Gasteiger partial charge is 0.449 e. The number of nitrogens with one attached hydrogen (secondary N) is 2. The Morgan fingerprint density at radius 3 is 2.22 bits per heavy atom. The molecular formula is C13H21F3N4O3. The quantitative estimate of drug-likeness (QED) is 0.567. The second kappa shape index (κ2) is 6.34. The molecule has 2 atom stereocenters. The third-order valence-corrected chi connectivity index (χ3v) is 3.17. The molecule has 1 heterocycles. The summed E-state index contributed by atoms with van der Waals surface area (Å²) in [7, 11) is 1.15. The van der Waals surface area contributed by atoms with Crippen molar-refractivity contribution in [3.8, 4) is 0 Å². The highest BCUT2D eigenvalue weighted by atomic mass is 19.4. The molecule has 23 heavy (non-hydrogen) atoms. The van der Waals surface area contributed by atoms with Crippen LogP contribution < -0.4 is 0 Å². The summed E-state index contributed by atoms with van der Waals surface area (Å²) in [4.78, 5) is 13.7. The topological polar surface area (TPSA) is 89.7 Å². The SMILES string of the molecule is COC1CN(C(=O)OC(C)(C)C)C(C)C(=N)N1C(=N)C(F)(F)F. The molecule has 1 aliphatic heterocycles. The van der Waals surface area contributed by atoms with Crippen LogP contribution in [0.1, 0.15) is 27.7 Å². The first-order chi connectivity index (χ1) is 10.3. The van der Waals surface area contributed by atoms with Crippen LogP contribution in [0.15, 0.2) is 0 Å². The van der Waals surface area contributed by atoms with Crippen molar-refractivity contribution in [2.24, 2.45) is 0 Å². The molecular weight excluding hydrogens is 317 g/mol. The number of halogens is 3. The van der Waals surface area contributed by atoms with Gasteiger partial charge in [-0.15, -0.1) is 0 Å². The monoisotopic (exact) mass is 338 g/mol. The first-order valence-corrected chi connectivity index (χ1v) is 6.85. The average Bonchev–Trinajstić information content (AvgIpc) is 2.37. The van der Waals surface area contributed by atoms with Crippen LogP contribution >= 0.6 is 0 Å². The molecule has 0 aromatic rings. The molecule has 0 spiro atoms. The summed E-state index contributed by atoms with van der Waals surface area (Å²) >= 11 is 0. The highest BCUT2D eigenvalue weighted by Crippen LogP contribution is 2.26. The molecule has 1 fully saturated rings. The molecule has 1 aliphatic rings. The molecule has 0 radical (unpaired) electrons. The summed E-state index contributed by atoms with van der Waals surface area (Å²) < 4.78 is 48.5. The molecule has 0 aromatic heterocycles. The summed E-state index contributed by atoms with van der Waals surface area (Å²) in [6, 6.07) is -0.987. The fraction of sp³-hybridized carbons (Fsp3) is 0.769. The Morgan fingerprint density at radius 2 is 1.83 bits per heavy atom. The second-order valence-corrected chi connectivity index (χ2v) is 6.10. The molecule has 1 rings (SSSR count). The zero-order valence-corrected chi connectivity index (χ0v) is 13.6. The van der Waals surface area contributed by atoms with Crippen molar-refractivity contribution in [2.75, 3.05) is 13.7 Å². The lowest BCUT2D eigenvalue weighted by Gasteiger charge is -2.45. The predicted molar refractivity (Wildman–Crippen MR) is 76.5 cm³/mol. The Bertz CT molecular complexity index is 502. The van der Waals surface area contributed by atoms with Gasteiger partial charge in [0.05, 0.1) is 12.6 Å². The van der Waals surface area contributed by atoms with E-state index in [1.807, 2.05) is 0 Å². The van der Waals surface area contributed by atoms with Crippen LogP contribution in [0.4, 0.5) is 18.0 Å². The van der Waals surface area contributed by atoms with Crippen LogP contribution in [0.5, 0.6) is 0 Å². The number of carbonyl (C=O) groups excluding carboxylic acids is 1. The van der Waals surface area contributed by atoms with Crippen LogP contribution in [0.3, 0.4) is 0 Å². The van der Waals surface area contributed by atoms with E-state index in [-0.39, 0.29) is 6.54 Å². The minimum absolute atomic E-state index is 0.257. The third kappa shape index (κ3) is 4.34. The van der Waals surface area contributed by atoms with Gasteiger partial charge < -0.3 is 9.47 Å². The maximum Gasteiger partial charge on any atom is 0.449 e. The highest BCUT2D eigenvalue weighted by Gasteiger charge is 2.48. The van der Waals surface area contributed by atoms with E-state index in [0.29, 0.717) is 4.90 Å². The van der Waals surface area contributed by atoms with Crippen molar-refractivity contribution in [1.82, 2.24) is 9.80 Å². The van der Waals surface area contributed by atoms with Crippen LogP contribution in [-0.2, 0) is 9.47 Å². The number of amides is 1. The van der Waals surface area contributed by atoms with E-state index >= 15 is 0 Å². The van der Waals surface area contributed by atoms with Gasteiger partial charge in [0, 0.05) is 7.11 Å². The molecule has 132 valence electrons. The van der Waals surface area contributed by atoms with Crippen molar-refractivity contribution < 1.29 is 27.4 Å². The molecule has 0 aromatic carbocycles. The highest BCUT2D eigenvalue weighted by molar-refractivity contribution is 6.04.